The molecule has 0 saturated carbocycles. The van der Waals surface area contributed by atoms with Crippen LogP contribution in [0.2, 0.25) is 0 Å². The maximum atomic E-state index is 5.71. The number of aliphatic imine (C=N–C) groups is 1. The number of benzene rings is 1. The van der Waals surface area contributed by atoms with Crippen molar-refractivity contribution >= 4 is 29.9 Å². The predicted molar refractivity (Wildman–Crippen MR) is 135 cm³/mol. The van der Waals surface area contributed by atoms with Crippen molar-refractivity contribution in [1.29, 1.82) is 0 Å². The minimum atomic E-state index is 0. The van der Waals surface area contributed by atoms with Crippen LogP contribution in [-0.4, -0.2) is 64.0 Å². The van der Waals surface area contributed by atoms with Gasteiger partial charge in [0.15, 0.2) is 5.96 Å². The molecule has 2 heterocycles. The van der Waals surface area contributed by atoms with Gasteiger partial charge in [-0.05, 0) is 63.0 Å². The normalized spacial score (nSPS) is 19.8. The number of halogens is 1. The topological polar surface area (TPSA) is 46.1 Å². The van der Waals surface area contributed by atoms with E-state index in [4.69, 9.17) is 14.5 Å². The summed E-state index contributed by atoms with van der Waals surface area (Å²) in [6.07, 6.45) is 5.66. The lowest BCUT2D eigenvalue weighted by atomic mass is 9.72. The highest BCUT2D eigenvalue weighted by atomic mass is 127. The van der Waals surface area contributed by atoms with Crippen LogP contribution in [0.1, 0.15) is 50.2 Å². The first-order valence-corrected chi connectivity index (χ1v) is 11.4. The highest BCUT2D eigenvalue weighted by Gasteiger charge is 2.35. The lowest BCUT2D eigenvalue weighted by Crippen LogP contribution is -2.43. The molecule has 1 N–H and O–H groups in total. The fourth-order valence-electron chi connectivity index (χ4n) is 4.66. The van der Waals surface area contributed by atoms with Gasteiger partial charge in [-0.25, -0.2) is 0 Å². The summed E-state index contributed by atoms with van der Waals surface area (Å²) in [7, 11) is 2.17. The molecule has 0 atom stereocenters. The van der Waals surface area contributed by atoms with E-state index in [0.29, 0.717) is 0 Å². The van der Waals surface area contributed by atoms with E-state index in [-0.39, 0.29) is 29.4 Å². The van der Waals surface area contributed by atoms with Crippen LogP contribution in [0.3, 0.4) is 0 Å². The molecule has 0 aliphatic carbocycles. The molecule has 5 nitrogen and oxygen atoms in total. The molecule has 2 aliphatic heterocycles. The SMILES string of the molecule is CCNC(=NCC1(c2ccccc2C)CCOCC1)N(C)CCC1CCOCC1.I. The van der Waals surface area contributed by atoms with E-state index in [1.165, 1.54) is 30.4 Å². The van der Waals surface area contributed by atoms with Gasteiger partial charge in [-0.1, -0.05) is 24.3 Å². The Morgan fingerprint density at radius 2 is 1.80 bits per heavy atom. The molecule has 0 spiro atoms. The summed E-state index contributed by atoms with van der Waals surface area (Å²) < 4.78 is 11.2. The van der Waals surface area contributed by atoms with Crippen molar-refractivity contribution in [3.8, 4) is 0 Å². The van der Waals surface area contributed by atoms with Crippen molar-refractivity contribution in [2.24, 2.45) is 10.9 Å². The predicted octanol–water partition coefficient (Wildman–Crippen LogP) is 4.38. The van der Waals surface area contributed by atoms with Crippen molar-refractivity contribution < 1.29 is 9.47 Å². The zero-order chi connectivity index (χ0) is 20.5. The fourth-order valence-corrected chi connectivity index (χ4v) is 4.66. The molecule has 1 aromatic rings. The first-order valence-electron chi connectivity index (χ1n) is 11.4. The van der Waals surface area contributed by atoms with Crippen molar-refractivity contribution in [3.05, 3.63) is 35.4 Å². The Morgan fingerprint density at radius 3 is 2.47 bits per heavy atom. The van der Waals surface area contributed by atoms with E-state index >= 15 is 0 Å². The van der Waals surface area contributed by atoms with Crippen LogP contribution < -0.4 is 5.32 Å². The molecular weight excluding hydrogens is 489 g/mol. The molecule has 0 unspecified atom stereocenters. The number of hydrogen-bond donors (Lipinski definition) is 1. The molecule has 0 bridgehead atoms. The van der Waals surface area contributed by atoms with Crippen LogP contribution in [0.5, 0.6) is 0 Å². The maximum absolute atomic E-state index is 5.71. The van der Waals surface area contributed by atoms with E-state index in [9.17, 15) is 0 Å². The Morgan fingerprint density at radius 1 is 1.13 bits per heavy atom. The second-order valence-electron chi connectivity index (χ2n) is 8.64. The van der Waals surface area contributed by atoms with E-state index < -0.39 is 0 Å². The number of nitrogens with one attached hydrogen (secondary N) is 1. The Labute approximate surface area is 200 Å². The zero-order valence-corrected chi connectivity index (χ0v) is 21.3. The number of guanidine groups is 1. The average Bonchev–Trinajstić information content (AvgIpc) is 2.76. The van der Waals surface area contributed by atoms with E-state index in [2.05, 4.69) is 55.4 Å². The Hall–Kier alpha value is -0.860. The number of hydrogen-bond acceptors (Lipinski definition) is 3. The van der Waals surface area contributed by atoms with Gasteiger partial charge in [-0.3, -0.25) is 4.99 Å². The van der Waals surface area contributed by atoms with E-state index in [0.717, 1.165) is 70.8 Å². The van der Waals surface area contributed by atoms with Crippen LogP contribution in [0.15, 0.2) is 29.3 Å². The fraction of sp³-hybridized carbons (Fsp3) is 0.708. The minimum absolute atomic E-state index is 0. The second kappa shape index (κ2) is 12.9. The lowest BCUT2D eigenvalue weighted by Gasteiger charge is -2.38. The molecule has 6 heteroatoms. The molecule has 0 aromatic heterocycles. The van der Waals surface area contributed by atoms with E-state index in [1.807, 2.05) is 0 Å². The quantitative estimate of drug-likeness (QED) is 0.324. The standard InChI is InChI=1S/C24H39N3O2.HI/c1-4-25-23(27(3)14-9-21-10-15-28-16-11-21)26-19-24(12-17-29-18-13-24)22-8-6-5-7-20(22)2;/h5-8,21H,4,9-19H2,1-3H3,(H,25,26);1H. The molecule has 3 rings (SSSR count). The van der Waals surface area contributed by atoms with Gasteiger partial charge in [0.25, 0.3) is 0 Å². The van der Waals surface area contributed by atoms with Gasteiger partial charge in [0.1, 0.15) is 0 Å². The van der Waals surface area contributed by atoms with E-state index in [1.54, 1.807) is 0 Å². The largest absolute Gasteiger partial charge is 0.381 e. The third-order valence-corrected chi connectivity index (χ3v) is 6.61. The van der Waals surface area contributed by atoms with Gasteiger partial charge < -0.3 is 19.7 Å². The van der Waals surface area contributed by atoms with Gasteiger partial charge in [0.2, 0.25) is 0 Å². The molecule has 0 amide bonds. The second-order valence-corrected chi connectivity index (χ2v) is 8.64. The summed E-state index contributed by atoms with van der Waals surface area (Å²) in [5.41, 5.74) is 2.88. The maximum Gasteiger partial charge on any atom is 0.193 e. The van der Waals surface area contributed by atoms with Crippen molar-refractivity contribution in [2.75, 3.05) is 53.1 Å². The average molecular weight is 530 g/mol. The molecule has 170 valence electrons. The number of nitrogens with zero attached hydrogens (tertiary/aromatic N) is 2. The summed E-state index contributed by atoms with van der Waals surface area (Å²) in [5, 5.41) is 3.51. The molecule has 1 aromatic carbocycles. The molecule has 0 radical (unpaired) electrons. The Balaban J connectivity index is 0.00000320. The van der Waals surface area contributed by atoms with Gasteiger partial charge in [0.05, 0.1) is 6.54 Å². The molecular formula is C24H40IN3O2. The van der Waals surface area contributed by atoms with Crippen LogP contribution in [-0.2, 0) is 14.9 Å². The van der Waals surface area contributed by atoms with Crippen molar-refractivity contribution in [1.82, 2.24) is 10.2 Å². The monoisotopic (exact) mass is 529 g/mol. The third-order valence-electron chi connectivity index (χ3n) is 6.61. The summed E-state index contributed by atoms with van der Waals surface area (Å²) in [6.45, 7) is 10.6. The smallest absolute Gasteiger partial charge is 0.193 e. The van der Waals surface area contributed by atoms with Gasteiger partial charge in [-0.2, -0.15) is 0 Å². The Bertz CT molecular complexity index is 656. The lowest BCUT2D eigenvalue weighted by molar-refractivity contribution is 0.0527. The van der Waals surface area contributed by atoms with Crippen molar-refractivity contribution in [3.63, 3.8) is 0 Å². The number of ether oxygens (including phenoxy) is 2. The van der Waals surface area contributed by atoms with Crippen molar-refractivity contribution in [2.45, 2.75) is 51.4 Å². The highest BCUT2D eigenvalue weighted by Crippen LogP contribution is 2.37. The van der Waals surface area contributed by atoms with Crippen LogP contribution in [0.25, 0.3) is 0 Å². The number of aryl methyl sites for hydroxylation is 1. The molecule has 2 aliphatic rings. The van der Waals surface area contributed by atoms with Gasteiger partial charge in [0, 0.05) is 52.0 Å². The molecule has 2 saturated heterocycles. The van der Waals surface area contributed by atoms with Gasteiger partial charge >= 0.3 is 0 Å². The molecule has 30 heavy (non-hydrogen) atoms. The Kier molecular flexibility index (Phi) is 10.9. The summed E-state index contributed by atoms with van der Waals surface area (Å²) >= 11 is 0. The van der Waals surface area contributed by atoms with Crippen LogP contribution in [0, 0.1) is 12.8 Å². The molecule has 2 fully saturated rings. The van der Waals surface area contributed by atoms with Gasteiger partial charge in [-0.15, -0.1) is 24.0 Å². The summed E-state index contributed by atoms with van der Waals surface area (Å²) in [4.78, 5) is 7.45. The number of rotatable bonds is 7. The third kappa shape index (κ3) is 6.82. The first-order chi connectivity index (χ1) is 14.1. The van der Waals surface area contributed by atoms with Crippen LogP contribution >= 0.6 is 24.0 Å². The zero-order valence-electron chi connectivity index (χ0n) is 19.0. The summed E-state index contributed by atoms with van der Waals surface area (Å²) in [5.74, 6) is 1.81. The first kappa shape index (κ1) is 25.4. The van der Waals surface area contributed by atoms with Crippen LogP contribution in [0.4, 0.5) is 0 Å². The minimum Gasteiger partial charge on any atom is -0.381 e. The highest BCUT2D eigenvalue weighted by molar-refractivity contribution is 14.0. The summed E-state index contributed by atoms with van der Waals surface area (Å²) in [6, 6.07) is 8.80.